The van der Waals surface area contributed by atoms with Gasteiger partial charge in [0.1, 0.15) is 0 Å². The first-order valence-electron chi connectivity index (χ1n) is 2.63. The molecular weight excluding hydrogens is 127 g/mol. The third kappa shape index (κ3) is 3.70. The maximum atomic E-state index is 10.6. The number of ketones is 1. The number of Topliss-reactive ketones (excluding diaryl/α,β-unsaturated/α-hetero) is 1. The molecule has 0 bridgehead atoms. The van der Waals surface area contributed by atoms with Crippen LogP contribution < -0.4 is 0 Å². The second kappa shape index (κ2) is 3.80. The topological polar surface area (TPSA) is 54.4 Å². The zero-order valence-corrected chi connectivity index (χ0v) is 5.76. The van der Waals surface area contributed by atoms with Crippen molar-refractivity contribution in [1.29, 1.82) is 0 Å². The van der Waals surface area contributed by atoms with Crippen LogP contribution in [-0.2, 0) is 9.59 Å². The first kappa shape index (κ1) is 12.4. The van der Waals surface area contributed by atoms with E-state index in [-0.39, 0.29) is 18.9 Å². The average Bonchev–Trinajstić information content (AvgIpc) is 1.62. The summed E-state index contributed by atoms with van der Waals surface area (Å²) in [5.74, 6) is -2.11. The van der Waals surface area contributed by atoms with Crippen LogP contribution in [0, 0.1) is 5.41 Å². The molecule has 0 spiro atoms. The van der Waals surface area contributed by atoms with Gasteiger partial charge in [-0.2, -0.15) is 0 Å². The van der Waals surface area contributed by atoms with E-state index in [0.29, 0.717) is 0 Å². The van der Waals surface area contributed by atoms with E-state index in [4.69, 9.17) is 5.11 Å². The summed E-state index contributed by atoms with van der Waals surface area (Å²) >= 11 is 0. The minimum atomic E-state index is -1.36. The number of hydrogen-bond acceptors (Lipinski definition) is 2. The molecule has 0 aliphatic rings. The SMILES string of the molecule is CC(C)(C)C(=O)C(=O)O.[LiH]. The zero-order valence-electron chi connectivity index (χ0n) is 5.76. The molecule has 4 heteroatoms. The number of carboxylic acids is 1. The third-order valence-corrected chi connectivity index (χ3v) is 0.875. The minimum absolute atomic E-state index is 0. The van der Waals surface area contributed by atoms with Crippen LogP contribution in [0.1, 0.15) is 20.8 Å². The van der Waals surface area contributed by atoms with Gasteiger partial charge in [0.15, 0.2) is 0 Å². The molecule has 0 heterocycles. The molecule has 0 radical (unpaired) electrons. The first-order valence-corrected chi connectivity index (χ1v) is 2.63. The van der Waals surface area contributed by atoms with Crippen LogP contribution in [0.2, 0.25) is 0 Å². The quantitative estimate of drug-likeness (QED) is 0.411. The van der Waals surface area contributed by atoms with E-state index in [9.17, 15) is 9.59 Å². The van der Waals surface area contributed by atoms with Gasteiger partial charge in [0.05, 0.1) is 0 Å². The van der Waals surface area contributed by atoms with Crippen LogP contribution in [-0.4, -0.2) is 35.7 Å². The second-order valence-electron chi connectivity index (χ2n) is 2.88. The van der Waals surface area contributed by atoms with Gasteiger partial charge in [0.2, 0.25) is 5.78 Å². The summed E-state index contributed by atoms with van der Waals surface area (Å²) in [6.45, 7) is 4.72. The molecule has 0 saturated carbocycles. The molecule has 0 unspecified atom stereocenters. The van der Waals surface area contributed by atoms with E-state index in [2.05, 4.69) is 0 Å². The van der Waals surface area contributed by atoms with Gasteiger partial charge < -0.3 is 5.11 Å². The molecule has 1 N–H and O–H groups in total. The molecule has 54 valence electrons. The fraction of sp³-hybridized carbons (Fsp3) is 0.667. The number of carbonyl (C=O) groups excluding carboxylic acids is 1. The van der Waals surface area contributed by atoms with Crippen LogP contribution in [0.4, 0.5) is 0 Å². The number of carboxylic acid groups (broad SMARTS) is 1. The van der Waals surface area contributed by atoms with Crippen molar-refractivity contribution >= 4 is 30.6 Å². The molecular formula is C6H11LiO3. The van der Waals surface area contributed by atoms with Crippen molar-refractivity contribution in [1.82, 2.24) is 0 Å². The third-order valence-electron chi connectivity index (χ3n) is 0.875. The predicted octanol–water partition coefficient (Wildman–Crippen LogP) is 0.0377. The summed E-state index contributed by atoms with van der Waals surface area (Å²) in [7, 11) is 0. The van der Waals surface area contributed by atoms with Crippen LogP contribution >= 0.6 is 0 Å². The monoisotopic (exact) mass is 138 g/mol. The van der Waals surface area contributed by atoms with Crippen LogP contribution in [0.3, 0.4) is 0 Å². The molecule has 0 aliphatic heterocycles. The summed E-state index contributed by atoms with van der Waals surface area (Å²) in [5.41, 5.74) is -0.758. The normalized spacial score (nSPS) is 9.90. The molecule has 0 atom stereocenters. The zero-order chi connectivity index (χ0) is 7.65. The summed E-state index contributed by atoms with van der Waals surface area (Å²) < 4.78 is 0. The van der Waals surface area contributed by atoms with E-state index in [1.54, 1.807) is 20.8 Å². The standard InChI is InChI=1S/C6H10O3.Li.H/c1-6(2,3)4(7)5(8)9;;/h1-3H3,(H,8,9);;. The predicted molar refractivity (Wildman–Crippen MR) is 39.2 cm³/mol. The molecule has 3 nitrogen and oxygen atoms in total. The molecule has 0 saturated heterocycles. The Morgan fingerprint density at radius 2 is 1.50 bits per heavy atom. The Labute approximate surface area is 72.0 Å². The van der Waals surface area contributed by atoms with Gasteiger partial charge in [0.25, 0.3) is 0 Å². The Kier molecular flexibility index (Phi) is 4.71. The van der Waals surface area contributed by atoms with Gasteiger partial charge in [-0.25, -0.2) is 4.79 Å². The van der Waals surface area contributed by atoms with E-state index in [1.165, 1.54) is 0 Å². The van der Waals surface area contributed by atoms with E-state index >= 15 is 0 Å². The van der Waals surface area contributed by atoms with Crippen LogP contribution in [0.5, 0.6) is 0 Å². The summed E-state index contributed by atoms with van der Waals surface area (Å²) in [6, 6.07) is 0. The summed E-state index contributed by atoms with van der Waals surface area (Å²) in [6.07, 6.45) is 0. The van der Waals surface area contributed by atoms with Crippen molar-refractivity contribution in [2.24, 2.45) is 5.41 Å². The average molecular weight is 138 g/mol. The molecule has 10 heavy (non-hydrogen) atoms. The van der Waals surface area contributed by atoms with Gasteiger partial charge in [-0.1, -0.05) is 20.8 Å². The fourth-order valence-electron chi connectivity index (χ4n) is 0.321. The second-order valence-corrected chi connectivity index (χ2v) is 2.88. The van der Waals surface area contributed by atoms with Gasteiger partial charge in [0, 0.05) is 5.41 Å². The first-order chi connectivity index (χ1) is 3.85. The molecule has 0 aromatic rings. The van der Waals surface area contributed by atoms with Gasteiger partial charge >= 0.3 is 24.8 Å². The maximum absolute atomic E-state index is 10.6. The van der Waals surface area contributed by atoms with Gasteiger partial charge in [-0.15, -0.1) is 0 Å². The van der Waals surface area contributed by atoms with Crippen molar-refractivity contribution in [3.8, 4) is 0 Å². The number of carbonyl (C=O) groups is 2. The van der Waals surface area contributed by atoms with E-state index in [0.717, 1.165) is 0 Å². The van der Waals surface area contributed by atoms with Crippen molar-refractivity contribution < 1.29 is 14.7 Å². The summed E-state index contributed by atoms with van der Waals surface area (Å²) in [4.78, 5) is 20.6. The molecule has 0 rings (SSSR count). The fourth-order valence-corrected chi connectivity index (χ4v) is 0.321. The Balaban J connectivity index is 0. The summed E-state index contributed by atoms with van der Waals surface area (Å²) in [5, 5.41) is 8.17. The van der Waals surface area contributed by atoms with Crippen molar-refractivity contribution in [2.75, 3.05) is 0 Å². The Hall–Kier alpha value is -0.263. The van der Waals surface area contributed by atoms with E-state index in [1.807, 2.05) is 0 Å². The Morgan fingerprint density at radius 1 is 1.20 bits per heavy atom. The van der Waals surface area contributed by atoms with Crippen molar-refractivity contribution in [3.63, 3.8) is 0 Å². The van der Waals surface area contributed by atoms with Crippen LogP contribution in [0.25, 0.3) is 0 Å². The van der Waals surface area contributed by atoms with Crippen LogP contribution in [0.15, 0.2) is 0 Å². The van der Waals surface area contributed by atoms with Crippen molar-refractivity contribution in [3.05, 3.63) is 0 Å². The molecule has 0 fully saturated rings. The Bertz CT molecular complexity index is 146. The Morgan fingerprint density at radius 3 is 1.50 bits per heavy atom. The van der Waals surface area contributed by atoms with E-state index < -0.39 is 17.2 Å². The molecule has 0 aromatic carbocycles. The van der Waals surface area contributed by atoms with Gasteiger partial charge in [-0.3, -0.25) is 4.79 Å². The molecule has 0 aromatic heterocycles. The van der Waals surface area contributed by atoms with Crippen molar-refractivity contribution in [2.45, 2.75) is 20.8 Å². The molecule has 0 aliphatic carbocycles. The number of hydrogen-bond donors (Lipinski definition) is 1. The number of aliphatic carboxylic acids is 1. The number of rotatable bonds is 1. The molecule has 0 amide bonds. The van der Waals surface area contributed by atoms with Gasteiger partial charge in [-0.05, 0) is 0 Å².